The fraction of sp³-hybridized carbons (Fsp3) is 0.207. The van der Waals surface area contributed by atoms with Crippen LogP contribution in [-0.2, 0) is 0 Å². The van der Waals surface area contributed by atoms with Crippen LogP contribution in [0.15, 0.2) is 72.9 Å². The molecule has 0 radical (unpaired) electrons. The smallest absolute Gasteiger partial charge is 0.335 e. The number of nitrogens with zero attached hydrogens (tertiary/aromatic N) is 3. The van der Waals surface area contributed by atoms with Crippen molar-refractivity contribution in [3.05, 3.63) is 112 Å². The molecule has 4 aromatic rings. The van der Waals surface area contributed by atoms with Crippen LogP contribution in [0, 0.1) is 27.7 Å². The molecule has 3 heterocycles. The molecule has 36 heavy (non-hydrogen) atoms. The van der Waals surface area contributed by atoms with Crippen LogP contribution in [0.4, 0.5) is 5.69 Å². The highest BCUT2D eigenvalue weighted by atomic mass is 32.1. The van der Waals surface area contributed by atoms with Gasteiger partial charge in [-0.15, -0.1) is 0 Å². The third kappa shape index (κ3) is 4.05. The Morgan fingerprint density at radius 1 is 1.00 bits per heavy atom. The molecule has 1 aliphatic heterocycles. The summed E-state index contributed by atoms with van der Waals surface area (Å²) in [6, 6.07) is 21.4. The van der Waals surface area contributed by atoms with Gasteiger partial charge in [-0.3, -0.25) is 4.98 Å². The predicted molar refractivity (Wildman–Crippen MR) is 146 cm³/mol. The van der Waals surface area contributed by atoms with E-state index in [4.69, 9.17) is 12.2 Å². The van der Waals surface area contributed by atoms with Crippen LogP contribution < -0.4 is 10.2 Å². The Morgan fingerprint density at radius 3 is 2.42 bits per heavy atom. The number of aromatic carboxylic acids is 1. The molecule has 5 rings (SSSR count). The molecule has 2 aromatic carbocycles. The van der Waals surface area contributed by atoms with E-state index in [1.807, 2.05) is 31.2 Å². The second-order valence-electron chi connectivity index (χ2n) is 9.30. The SMILES string of the molecule is Cc1ccc(N2C(=S)N[C@@H](c3ccccn3)[C@H]2c2cc(C)n(-c3cc(C(=O)O)ccc3C)c2C)cc1. The zero-order valence-corrected chi connectivity index (χ0v) is 21.5. The van der Waals surface area contributed by atoms with Crippen molar-refractivity contribution in [3.8, 4) is 5.69 Å². The largest absolute Gasteiger partial charge is 0.478 e. The number of thiocarbonyl (C=S) groups is 1. The van der Waals surface area contributed by atoms with Crippen molar-refractivity contribution < 1.29 is 9.90 Å². The van der Waals surface area contributed by atoms with Gasteiger partial charge in [0.1, 0.15) is 0 Å². The van der Waals surface area contributed by atoms with E-state index in [-0.39, 0.29) is 17.6 Å². The van der Waals surface area contributed by atoms with Gasteiger partial charge in [-0.1, -0.05) is 29.8 Å². The summed E-state index contributed by atoms with van der Waals surface area (Å²) in [5.41, 5.74) is 8.40. The van der Waals surface area contributed by atoms with E-state index in [1.54, 1.807) is 18.3 Å². The number of carboxylic acids is 1. The number of carbonyl (C=O) groups is 1. The number of rotatable bonds is 5. The third-order valence-corrected chi connectivity index (χ3v) is 7.21. The van der Waals surface area contributed by atoms with E-state index in [2.05, 4.69) is 70.9 Å². The number of anilines is 1. The van der Waals surface area contributed by atoms with Crippen LogP contribution in [0.5, 0.6) is 0 Å². The van der Waals surface area contributed by atoms with Crippen LogP contribution in [0.3, 0.4) is 0 Å². The van der Waals surface area contributed by atoms with Crippen LogP contribution in [0.2, 0.25) is 0 Å². The van der Waals surface area contributed by atoms with Gasteiger partial charge < -0.3 is 19.9 Å². The summed E-state index contributed by atoms with van der Waals surface area (Å²) in [5, 5.41) is 13.8. The minimum Gasteiger partial charge on any atom is -0.478 e. The first kappa shape index (κ1) is 23.8. The van der Waals surface area contributed by atoms with Crippen molar-refractivity contribution in [2.24, 2.45) is 0 Å². The van der Waals surface area contributed by atoms with Gasteiger partial charge >= 0.3 is 5.97 Å². The van der Waals surface area contributed by atoms with Crippen molar-refractivity contribution in [2.45, 2.75) is 39.8 Å². The molecule has 2 aromatic heterocycles. The van der Waals surface area contributed by atoms with Gasteiger partial charge in [0, 0.05) is 29.0 Å². The van der Waals surface area contributed by atoms with E-state index in [0.717, 1.165) is 39.6 Å². The number of aryl methyl sites for hydroxylation is 3. The van der Waals surface area contributed by atoms with Crippen molar-refractivity contribution in [1.29, 1.82) is 0 Å². The lowest BCUT2D eigenvalue weighted by Crippen LogP contribution is -2.29. The lowest BCUT2D eigenvalue weighted by atomic mass is 9.96. The Hall–Kier alpha value is -3.97. The summed E-state index contributed by atoms with van der Waals surface area (Å²) in [4.78, 5) is 18.5. The topological polar surface area (TPSA) is 70.4 Å². The summed E-state index contributed by atoms with van der Waals surface area (Å²) >= 11 is 5.87. The monoisotopic (exact) mass is 496 g/mol. The summed E-state index contributed by atoms with van der Waals surface area (Å²) in [6.07, 6.45) is 1.80. The first-order chi connectivity index (χ1) is 17.3. The number of nitrogens with one attached hydrogen (secondary N) is 1. The minimum atomic E-state index is -0.940. The molecule has 0 unspecified atom stereocenters. The zero-order valence-electron chi connectivity index (χ0n) is 20.7. The molecule has 6 nitrogen and oxygen atoms in total. The second-order valence-corrected chi connectivity index (χ2v) is 9.69. The highest BCUT2D eigenvalue weighted by Crippen LogP contribution is 2.44. The number of carboxylic acid groups (broad SMARTS) is 1. The highest BCUT2D eigenvalue weighted by molar-refractivity contribution is 7.80. The molecule has 0 bridgehead atoms. The van der Waals surface area contributed by atoms with Gasteiger partial charge in [-0.2, -0.15) is 0 Å². The molecule has 2 N–H and O–H groups in total. The highest BCUT2D eigenvalue weighted by Gasteiger charge is 2.42. The summed E-state index contributed by atoms with van der Waals surface area (Å²) in [5.74, 6) is -0.940. The summed E-state index contributed by atoms with van der Waals surface area (Å²) in [7, 11) is 0. The molecule has 7 heteroatoms. The van der Waals surface area contributed by atoms with Crippen LogP contribution >= 0.6 is 12.2 Å². The van der Waals surface area contributed by atoms with E-state index in [9.17, 15) is 9.90 Å². The fourth-order valence-electron chi connectivity index (χ4n) is 5.10. The van der Waals surface area contributed by atoms with Crippen molar-refractivity contribution in [3.63, 3.8) is 0 Å². The molecule has 0 spiro atoms. The molecule has 182 valence electrons. The number of aromatic nitrogens is 2. The van der Waals surface area contributed by atoms with E-state index in [0.29, 0.717) is 5.11 Å². The maximum absolute atomic E-state index is 11.7. The maximum atomic E-state index is 11.7. The van der Waals surface area contributed by atoms with Crippen molar-refractivity contribution in [2.75, 3.05) is 4.90 Å². The van der Waals surface area contributed by atoms with Crippen molar-refractivity contribution >= 4 is 29.0 Å². The minimum absolute atomic E-state index is 0.141. The van der Waals surface area contributed by atoms with Crippen LogP contribution in [-0.4, -0.2) is 25.7 Å². The molecule has 0 aliphatic carbocycles. The molecule has 1 fully saturated rings. The summed E-state index contributed by atoms with van der Waals surface area (Å²) in [6.45, 7) is 8.20. The van der Waals surface area contributed by atoms with E-state index < -0.39 is 5.97 Å². The van der Waals surface area contributed by atoms with Crippen LogP contribution in [0.25, 0.3) is 5.69 Å². The first-order valence-electron chi connectivity index (χ1n) is 11.9. The number of hydrogen-bond acceptors (Lipinski definition) is 3. The van der Waals surface area contributed by atoms with Gasteiger partial charge in [0.25, 0.3) is 0 Å². The fourth-order valence-corrected chi connectivity index (χ4v) is 5.44. The normalized spacial score (nSPS) is 17.3. The molecule has 0 saturated carbocycles. The Kier molecular flexibility index (Phi) is 6.10. The molecular weight excluding hydrogens is 468 g/mol. The average Bonchev–Trinajstić information content (AvgIpc) is 3.35. The third-order valence-electron chi connectivity index (χ3n) is 6.90. The summed E-state index contributed by atoms with van der Waals surface area (Å²) < 4.78 is 2.14. The second kappa shape index (κ2) is 9.24. The Bertz CT molecular complexity index is 1460. The quantitative estimate of drug-likeness (QED) is 0.331. The molecule has 0 amide bonds. The molecular formula is C29H28N4O2S. The predicted octanol–water partition coefficient (Wildman–Crippen LogP) is 5.98. The Morgan fingerprint density at radius 2 is 1.75 bits per heavy atom. The van der Waals surface area contributed by atoms with Gasteiger partial charge in [0.05, 0.1) is 23.3 Å². The van der Waals surface area contributed by atoms with Gasteiger partial charge in [0.2, 0.25) is 0 Å². The zero-order chi connectivity index (χ0) is 25.6. The van der Waals surface area contributed by atoms with E-state index >= 15 is 0 Å². The Labute approximate surface area is 216 Å². The van der Waals surface area contributed by atoms with Crippen LogP contribution in [0.1, 0.15) is 56.2 Å². The lowest BCUT2D eigenvalue weighted by Gasteiger charge is -2.28. The molecule has 2 atom stereocenters. The first-order valence-corrected chi connectivity index (χ1v) is 12.3. The molecule has 1 aliphatic rings. The molecule has 1 saturated heterocycles. The number of hydrogen-bond donors (Lipinski definition) is 2. The van der Waals surface area contributed by atoms with Crippen molar-refractivity contribution in [1.82, 2.24) is 14.9 Å². The van der Waals surface area contributed by atoms with Gasteiger partial charge in [0.15, 0.2) is 5.11 Å². The average molecular weight is 497 g/mol. The van der Waals surface area contributed by atoms with Gasteiger partial charge in [-0.05, 0) is 93.5 Å². The standard InChI is InChI=1S/C29H28N4O2S/c1-17-8-12-22(13-9-17)33-27(26(31-29(33)36)24-7-5-6-14-30-24)23-15-19(3)32(20(23)4)25-16-21(28(34)35)11-10-18(25)2/h5-16,26-27H,1-4H3,(H,31,36)(H,34,35)/t26-,27+/m0/s1. The number of benzene rings is 2. The Balaban J connectivity index is 1.69. The lowest BCUT2D eigenvalue weighted by molar-refractivity contribution is 0.0697. The number of pyridine rings is 1. The maximum Gasteiger partial charge on any atom is 0.335 e. The van der Waals surface area contributed by atoms with Gasteiger partial charge in [-0.25, -0.2) is 4.79 Å². The van der Waals surface area contributed by atoms with E-state index in [1.165, 1.54) is 5.56 Å².